The van der Waals surface area contributed by atoms with E-state index >= 15 is 0 Å². The van der Waals surface area contributed by atoms with E-state index in [2.05, 4.69) is 18.3 Å². The Morgan fingerprint density at radius 1 is 1.29 bits per heavy atom. The summed E-state index contributed by atoms with van der Waals surface area (Å²) in [4.78, 5) is 14.3. The first-order chi connectivity index (χ1) is 11.1. The van der Waals surface area contributed by atoms with Crippen LogP contribution in [-0.4, -0.2) is 44.1 Å². The SMILES string of the molecule is CNCCC1CCN(C(=O)CCOc2ccc(C)cc2C)CC1.Cl. The van der Waals surface area contributed by atoms with Crippen LogP contribution in [0.25, 0.3) is 0 Å². The number of nitrogens with one attached hydrogen (secondary N) is 1. The van der Waals surface area contributed by atoms with Crippen LogP contribution in [0.4, 0.5) is 0 Å². The minimum atomic E-state index is 0. The van der Waals surface area contributed by atoms with E-state index in [-0.39, 0.29) is 18.3 Å². The number of hydrogen-bond donors (Lipinski definition) is 1. The van der Waals surface area contributed by atoms with E-state index < -0.39 is 0 Å². The Labute approximate surface area is 152 Å². The first-order valence-corrected chi connectivity index (χ1v) is 8.72. The van der Waals surface area contributed by atoms with Crippen LogP contribution in [-0.2, 0) is 4.79 Å². The second-order valence-corrected chi connectivity index (χ2v) is 6.58. The van der Waals surface area contributed by atoms with E-state index in [0.29, 0.717) is 13.0 Å². The summed E-state index contributed by atoms with van der Waals surface area (Å²) >= 11 is 0. The predicted octanol–water partition coefficient (Wildman–Crippen LogP) is 3.34. The summed E-state index contributed by atoms with van der Waals surface area (Å²) in [5, 5.41) is 3.20. The third-order valence-electron chi connectivity index (χ3n) is 4.67. The number of benzene rings is 1. The van der Waals surface area contributed by atoms with Gasteiger partial charge in [-0.3, -0.25) is 4.79 Å². The van der Waals surface area contributed by atoms with Gasteiger partial charge in [-0.05, 0) is 64.3 Å². The molecule has 136 valence electrons. The Balaban J connectivity index is 0.00000288. The molecule has 1 fully saturated rings. The smallest absolute Gasteiger partial charge is 0.225 e. The highest BCUT2D eigenvalue weighted by Gasteiger charge is 2.22. The van der Waals surface area contributed by atoms with Crippen molar-refractivity contribution in [2.24, 2.45) is 5.92 Å². The number of ether oxygens (including phenoxy) is 1. The summed E-state index contributed by atoms with van der Waals surface area (Å²) in [5.74, 6) is 1.87. The quantitative estimate of drug-likeness (QED) is 0.816. The van der Waals surface area contributed by atoms with E-state index in [4.69, 9.17) is 4.74 Å². The topological polar surface area (TPSA) is 41.6 Å². The summed E-state index contributed by atoms with van der Waals surface area (Å²) in [6.07, 6.45) is 3.94. The minimum Gasteiger partial charge on any atom is -0.493 e. The van der Waals surface area contributed by atoms with Crippen molar-refractivity contribution >= 4 is 18.3 Å². The van der Waals surface area contributed by atoms with Crippen LogP contribution in [0.3, 0.4) is 0 Å². The third-order valence-corrected chi connectivity index (χ3v) is 4.67. The zero-order valence-corrected chi connectivity index (χ0v) is 16.0. The van der Waals surface area contributed by atoms with Crippen LogP contribution < -0.4 is 10.1 Å². The highest BCUT2D eigenvalue weighted by Crippen LogP contribution is 2.21. The second kappa shape index (κ2) is 10.6. The lowest BCUT2D eigenvalue weighted by Gasteiger charge is -2.32. The van der Waals surface area contributed by atoms with E-state index in [1.165, 1.54) is 12.0 Å². The van der Waals surface area contributed by atoms with Gasteiger partial charge in [0.05, 0.1) is 13.0 Å². The molecule has 4 nitrogen and oxygen atoms in total. The molecule has 0 saturated carbocycles. The molecular weight excluding hydrogens is 324 g/mol. The predicted molar refractivity (Wildman–Crippen MR) is 101 cm³/mol. The van der Waals surface area contributed by atoms with E-state index in [1.807, 2.05) is 31.0 Å². The molecule has 1 amide bonds. The second-order valence-electron chi connectivity index (χ2n) is 6.58. The molecule has 1 N–H and O–H groups in total. The Kier molecular flexibility index (Phi) is 9.16. The number of amides is 1. The van der Waals surface area contributed by atoms with Crippen LogP contribution in [0.15, 0.2) is 18.2 Å². The summed E-state index contributed by atoms with van der Waals surface area (Å²) in [6, 6.07) is 6.13. The number of halogens is 1. The van der Waals surface area contributed by atoms with E-state index in [9.17, 15) is 4.79 Å². The van der Waals surface area contributed by atoms with Crippen molar-refractivity contribution in [3.05, 3.63) is 29.3 Å². The van der Waals surface area contributed by atoms with Crippen molar-refractivity contribution in [1.29, 1.82) is 0 Å². The maximum Gasteiger partial charge on any atom is 0.225 e. The van der Waals surface area contributed by atoms with E-state index in [1.54, 1.807) is 0 Å². The van der Waals surface area contributed by atoms with Crippen LogP contribution in [0.1, 0.15) is 36.8 Å². The summed E-state index contributed by atoms with van der Waals surface area (Å²) < 4.78 is 5.77. The van der Waals surface area contributed by atoms with Crippen molar-refractivity contribution in [3.63, 3.8) is 0 Å². The maximum absolute atomic E-state index is 12.3. The number of likely N-dealkylation sites (tertiary alicyclic amines) is 1. The van der Waals surface area contributed by atoms with Gasteiger partial charge in [-0.1, -0.05) is 17.7 Å². The Bertz CT molecular complexity index is 514. The van der Waals surface area contributed by atoms with E-state index in [0.717, 1.165) is 49.7 Å². The monoisotopic (exact) mass is 354 g/mol. The zero-order chi connectivity index (χ0) is 16.7. The molecule has 0 spiro atoms. The molecule has 1 saturated heterocycles. The normalized spacial score (nSPS) is 15.0. The van der Waals surface area contributed by atoms with Gasteiger partial charge < -0.3 is 15.0 Å². The number of nitrogens with zero attached hydrogens (tertiary/aromatic N) is 1. The lowest BCUT2D eigenvalue weighted by molar-refractivity contribution is -0.133. The van der Waals surface area contributed by atoms with Gasteiger partial charge in [0.2, 0.25) is 5.91 Å². The summed E-state index contributed by atoms with van der Waals surface area (Å²) in [5.41, 5.74) is 2.36. The first kappa shape index (κ1) is 20.8. The van der Waals surface area contributed by atoms with Crippen molar-refractivity contribution in [3.8, 4) is 5.75 Å². The van der Waals surface area contributed by atoms with Gasteiger partial charge in [-0.25, -0.2) is 0 Å². The van der Waals surface area contributed by atoms with Crippen molar-refractivity contribution in [1.82, 2.24) is 10.2 Å². The number of aryl methyl sites for hydroxylation is 2. The number of rotatable bonds is 7. The van der Waals surface area contributed by atoms with Gasteiger partial charge in [0.15, 0.2) is 0 Å². The summed E-state index contributed by atoms with van der Waals surface area (Å²) in [7, 11) is 1.99. The van der Waals surface area contributed by atoms with Crippen molar-refractivity contribution in [2.45, 2.75) is 39.5 Å². The largest absolute Gasteiger partial charge is 0.493 e. The van der Waals surface area contributed by atoms with Crippen molar-refractivity contribution < 1.29 is 9.53 Å². The van der Waals surface area contributed by atoms with Gasteiger partial charge >= 0.3 is 0 Å². The Morgan fingerprint density at radius 2 is 2.00 bits per heavy atom. The minimum absolute atomic E-state index is 0. The molecule has 0 atom stereocenters. The number of carbonyl (C=O) groups is 1. The Morgan fingerprint density at radius 3 is 2.62 bits per heavy atom. The average molecular weight is 355 g/mol. The maximum atomic E-state index is 12.3. The molecule has 1 aromatic rings. The fourth-order valence-electron chi connectivity index (χ4n) is 3.19. The molecule has 24 heavy (non-hydrogen) atoms. The fraction of sp³-hybridized carbons (Fsp3) is 0.632. The molecule has 1 aliphatic rings. The number of carbonyl (C=O) groups excluding carboxylic acids is 1. The lowest BCUT2D eigenvalue weighted by Crippen LogP contribution is -2.39. The lowest BCUT2D eigenvalue weighted by atomic mass is 9.93. The molecule has 0 aliphatic carbocycles. The van der Waals surface area contributed by atoms with Crippen LogP contribution in [0, 0.1) is 19.8 Å². The molecule has 0 aromatic heterocycles. The molecule has 0 bridgehead atoms. The molecule has 0 unspecified atom stereocenters. The van der Waals surface area contributed by atoms with Gasteiger partial charge in [0, 0.05) is 13.1 Å². The van der Waals surface area contributed by atoms with Crippen molar-refractivity contribution in [2.75, 3.05) is 33.3 Å². The molecule has 1 heterocycles. The summed E-state index contributed by atoms with van der Waals surface area (Å²) in [6.45, 7) is 7.44. The van der Waals surface area contributed by atoms with Gasteiger partial charge in [0.1, 0.15) is 5.75 Å². The highest BCUT2D eigenvalue weighted by molar-refractivity contribution is 5.85. The van der Waals surface area contributed by atoms with Gasteiger partial charge in [-0.15, -0.1) is 12.4 Å². The average Bonchev–Trinajstić information content (AvgIpc) is 2.55. The van der Waals surface area contributed by atoms with Gasteiger partial charge in [0.25, 0.3) is 0 Å². The third kappa shape index (κ3) is 6.33. The standard InChI is InChI=1S/C19H30N2O2.ClH/c1-15-4-5-18(16(2)14-15)23-13-9-19(22)21-11-7-17(8-12-21)6-10-20-3;/h4-5,14,17,20H,6-13H2,1-3H3;1H. The first-order valence-electron chi connectivity index (χ1n) is 8.72. The Hall–Kier alpha value is -1.26. The molecule has 0 radical (unpaired) electrons. The molecule has 1 aliphatic heterocycles. The zero-order valence-electron chi connectivity index (χ0n) is 15.1. The number of hydrogen-bond acceptors (Lipinski definition) is 3. The van der Waals surface area contributed by atoms with Gasteiger partial charge in [-0.2, -0.15) is 0 Å². The molecule has 2 rings (SSSR count). The number of piperidine rings is 1. The molecule has 5 heteroatoms. The highest BCUT2D eigenvalue weighted by atomic mass is 35.5. The van der Waals surface area contributed by atoms with Crippen LogP contribution >= 0.6 is 12.4 Å². The fourth-order valence-corrected chi connectivity index (χ4v) is 3.19. The van der Waals surface area contributed by atoms with Crippen LogP contribution in [0.2, 0.25) is 0 Å². The molecule has 1 aromatic carbocycles. The molecular formula is C19H31ClN2O2. The van der Waals surface area contributed by atoms with Crippen LogP contribution in [0.5, 0.6) is 5.75 Å².